The molecule has 0 radical (unpaired) electrons. The summed E-state index contributed by atoms with van der Waals surface area (Å²) < 4.78 is 0.796. The van der Waals surface area contributed by atoms with E-state index >= 15 is 0 Å². The van der Waals surface area contributed by atoms with Crippen molar-refractivity contribution in [3.05, 3.63) is 21.3 Å². The van der Waals surface area contributed by atoms with Gasteiger partial charge in [0.05, 0.1) is 10.9 Å². The quantitative estimate of drug-likeness (QED) is 0.698. The van der Waals surface area contributed by atoms with E-state index in [4.69, 9.17) is 11.6 Å². The summed E-state index contributed by atoms with van der Waals surface area (Å²) in [4.78, 5) is 13.3. The molecule has 1 rings (SSSR count). The molecule has 0 aliphatic heterocycles. The van der Waals surface area contributed by atoms with Crippen LogP contribution in [0, 0.1) is 0 Å². The van der Waals surface area contributed by atoms with E-state index in [-0.39, 0.29) is 0 Å². The second-order valence-corrected chi connectivity index (χ2v) is 4.37. The number of hydrogen-bond donors (Lipinski definition) is 0. The van der Waals surface area contributed by atoms with E-state index in [1.54, 1.807) is 11.3 Å². The number of halogens is 1. The van der Waals surface area contributed by atoms with Crippen LogP contribution in [0.5, 0.6) is 0 Å². The van der Waals surface area contributed by atoms with Crippen LogP contribution in [-0.4, -0.2) is 24.8 Å². The van der Waals surface area contributed by atoms with Crippen LogP contribution in [0.1, 0.15) is 4.88 Å². The fourth-order valence-electron chi connectivity index (χ4n) is 0.895. The van der Waals surface area contributed by atoms with Gasteiger partial charge in [-0.3, -0.25) is 4.90 Å². The normalized spacial score (nSPS) is 10.6. The zero-order chi connectivity index (χ0) is 8.97. The van der Waals surface area contributed by atoms with Crippen molar-refractivity contribution in [3.8, 4) is 0 Å². The number of aldehydes is 1. The van der Waals surface area contributed by atoms with Crippen LogP contribution in [0.15, 0.2) is 12.1 Å². The van der Waals surface area contributed by atoms with Gasteiger partial charge in [-0.25, -0.2) is 0 Å². The average molecular weight is 204 g/mol. The summed E-state index contributed by atoms with van der Waals surface area (Å²) in [6.07, 6.45) is 0.898. The number of thiophene rings is 1. The van der Waals surface area contributed by atoms with Gasteiger partial charge in [0.1, 0.15) is 6.29 Å². The maximum absolute atomic E-state index is 10.1. The summed E-state index contributed by atoms with van der Waals surface area (Å²) >= 11 is 7.30. The summed E-state index contributed by atoms with van der Waals surface area (Å²) in [5, 5.41) is 0. The highest BCUT2D eigenvalue weighted by Gasteiger charge is 2.01. The Kier molecular flexibility index (Phi) is 3.72. The van der Waals surface area contributed by atoms with E-state index in [0.717, 1.165) is 17.2 Å². The summed E-state index contributed by atoms with van der Waals surface area (Å²) in [7, 11) is 1.90. The average Bonchev–Trinajstić information content (AvgIpc) is 2.36. The molecule has 2 nitrogen and oxygen atoms in total. The van der Waals surface area contributed by atoms with Crippen molar-refractivity contribution in [2.45, 2.75) is 6.54 Å². The molecule has 0 spiro atoms. The molecular formula is C8H10ClNOS. The van der Waals surface area contributed by atoms with Gasteiger partial charge in [0.25, 0.3) is 0 Å². The van der Waals surface area contributed by atoms with Crippen LogP contribution < -0.4 is 0 Å². The lowest BCUT2D eigenvalue weighted by molar-refractivity contribution is -0.108. The fraction of sp³-hybridized carbons (Fsp3) is 0.375. The van der Waals surface area contributed by atoms with Crippen LogP contribution in [0.25, 0.3) is 0 Å². The van der Waals surface area contributed by atoms with Gasteiger partial charge in [-0.2, -0.15) is 0 Å². The fourth-order valence-corrected chi connectivity index (χ4v) is 2.06. The van der Waals surface area contributed by atoms with Gasteiger partial charge in [0, 0.05) is 11.4 Å². The molecule has 0 fully saturated rings. The maximum atomic E-state index is 10.1. The van der Waals surface area contributed by atoms with Gasteiger partial charge >= 0.3 is 0 Å². The van der Waals surface area contributed by atoms with E-state index < -0.39 is 0 Å². The molecule has 0 saturated heterocycles. The summed E-state index contributed by atoms with van der Waals surface area (Å²) in [5.41, 5.74) is 0. The zero-order valence-corrected chi connectivity index (χ0v) is 8.36. The molecular weight excluding hydrogens is 194 g/mol. The first kappa shape index (κ1) is 9.71. The predicted octanol–water partition coefficient (Wildman–Crippen LogP) is 2.03. The Labute approximate surface area is 80.8 Å². The lowest BCUT2D eigenvalue weighted by Gasteiger charge is -2.10. The molecule has 0 amide bonds. The van der Waals surface area contributed by atoms with Crippen molar-refractivity contribution >= 4 is 29.2 Å². The van der Waals surface area contributed by atoms with Crippen molar-refractivity contribution in [2.75, 3.05) is 13.6 Å². The molecule has 0 aliphatic rings. The maximum Gasteiger partial charge on any atom is 0.133 e. The van der Waals surface area contributed by atoms with E-state index in [9.17, 15) is 4.79 Å². The van der Waals surface area contributed by atoms with Gasteiger partial charge in [-0.05, 0) is 19.2 Å². The zero-order valence-electron chi connectivity index (χ0n) is 6.79. The predicted molar refractivity (Wildman–Crippen MR) is 51.7 cm³/mol. The Morgan fingerprint density at radius 2 is 2.42 bits per heavy atom. The first-order valence-corrected chi connectivity index (χ1v) is 4.78. The van der Waals surface area contributed by atoms with E-state index in [0.29, 0.717) is 6.54 Å². The van der Waals surface area contributed by atoms with Gasteiger partial charge in [-0.1, -0.05) is 11.6 Å². The Morgan fingerprint density at radius 3 is 2.92 bits per heavy atom. The van der Waals surface area contributed by atoms with Crippen LogP contribution in [-0.2, 0) is 11.3 Å². The van der Waals surface area contributed by atoms with Crippen molar-refractivity contribution in [1.82, 2.24) is 4.90 Å². The molecule has 0 N–H and O–H groups in total. The molecule has 66 valence electrons. The standard InChI is InChI=1S/C8H10ClNOS/c1-10(4-5-11)6-7-2-3-8(9)12-7/h2-3,5H,4,6H2,1H3. The van der Waals surface area contributed by atoms with Crippen molar-refractivity contribution in [1.29, 1.82) is 0 Å². The third kappa shape index (κ3) is 2.93. The number of hydrogen-bond acceptors (Lipinski definition) is 3. The Bertz CT molecular complexity index is 261. The minimum absolute atomic E-state index is 0.468. The molecule has 1 aromatic rings. The number of rotatable bonds is 4. The Balaban J connectivity index is 2.46. The molecule has 4 heteroatoms. The lowest BCUT2D eigenvalue weighted by Crippen LogP contribution is -2.19. The first-order chi connectivity index (χ1) is 5.72. The number of nitrogens with zero attached hydrogens (tertiary/aromatic N) is 1. The Hall–Kier alpha value is -0.380. The van der Waals surface area contributed by atoms with Gasteiger partial charge in [0.15, 0.2) is 0 Å². The molecule has 0 aliphatic carbocycles. The van der Waals surface area contributed by atoms with Crippen LogP contribution in [0.2, 0.25) is 4.34 Å². The Morgan fingerprint density at radius 1 is 1.67 bits per heavy atom. The van der Waals surface area contributed by atoms with Gasteiger partial charge in [-0.15, -0.1) is 11.3 Å². The molecule has 0 saturated carbocycles. The van der Waals surface area contributed by atoms with Crippen LogP contribution in [0.4, 0.5) is 0 Å². The SMILES string of the molecule is CN(CC=O)Cc1ccc(Cl)s1. The highest BCUT2D eigenvalue weighted by atomic mass is 35.5. The first-order valence-electron chi connectivity index (χ1n) is 3.59. The largest absolute Gasteiger partial charge is 0.302 e. The molecule has 0 unspecified atom stereocenters. The van der Waals surface area contributed by atoms with E-state index in [1.165, 1.54) is 4.88 Å². The van der Waals surface area contributed by atoms with Crippen LogP contribution >= 0.6 is 22.9 Å². The van der Waals surface area contributed by atoms with E-state index in [1.807, 2.05) is 24.1 Å². The topological polar surface area (TPSA) is 20.3 Å². The summed E-state index contributed by atoms with van der Waals surface area (Å²) in [5.74, 6) is 0. The third-order valence-corrected chi connectivity index (χ3v) is 2.66. The van der Waals surface area contributed by atoms with Gasteiger partial charge in [0.2, 0.25) is 0 Å². The molecule has 1 heterocycles. The lowest BCUT2D eigenvalue weighted by atomic mass is 10.4. The van der Waals surface area contributed by atoms with Crippen molar-refractivity contribution in [2.24, 2.45) is 0 Å². The number of likely N-dealkylation sites (N-methyl/N-ethyl adjacent to an activating group) is 1. The second-order valence-electron chi connectivity index (χ2n) is 2.57. The molecule has 12 heavy (non-hydrogen) atoms. The minimum atomic E-state index is 0.468. The summed E-state index contributed by atoms with van der Waals surface area (Å²) in [6, 6.07) is 3.85. The van der Waals surface area contributed by atoms with Crippen LogP contribution in [0.3, 0.4) is 0 Å². The van der Waals surface area contributed by atoms with Gasteiger partial charge < -0.3 is 4.79 Å². The van der Waals surface area contributed by atoms with E-state index in [2.05, 4.69) is 0 Å². The van der Waals surface area contributed by atoms with Crippen molar-refractivity contribution in [3.63, 3.8) is 0 Å². The molecule has 0 bridgehead atoms. The number of carbonyl (C=O) groups excluding carboxylic acids is 1. The number of carbonyl (C=O) groups is 1. The third-order valence-electron chi connectivity index (χ3n) is 1.44. The second kappa shape index (κ2) is 4.60. The molecule has 0 atom stereocenters. The van der Waals surface area contributed by atoms with Crippen molar-refractivity contribution < 1.29 is 4.79 Å². The highest BCUT2D eigenvalue weighted by molar-refractivity contribution is 7.16. The highest BCUT2D eigenvalue weighted by Crippen LogP contribution is 2.22. The minimum Gasteiger partial charge on any atom is -0.302 e. The molecule has 0 aromatic carbocycles. The molecule has 1 aromatic heterocycles. The smallest absolute Gasteiger partial charge is 0.133 e. The monoisotopic (exact) mass is 203 g/mol. The summed E-state index contributed by atoms with van der Waals surface area (Å²) in [6.45, 7) is 1.26.